The van der Waals surface area contributed by atoms with Gasteiger partial charge in [0, 0.05) is 24.2 Å². The number of carbonyl (C=O) groups is 2. The number of aryl methyl sites for hydroxylation is 1. The minimum absolute atomic E-state index is 0.0644. The van der Waals surface area contributed by atoms with Crippen LogP contribution in [0.5, 0.6) is 5.75 Å². The average molecular weight is 345 g/mol. The molecule has 3 rings (SSSR count). The first kappa shape index (κ1) is 16.5. The second-order valence-corrected chi connectivity index (χ2v) is 6.26. The van der Waals surface area contributed by atoms with Crippen molar-refractivity contribution >= 4 is 23.5 Å². The van der Waals surface area contributed by atoms with Crippen molar-refractivity contribution in [1.82, 2.24) is 9.88 Å². The highest BCUT2D eigenvalue weighted by Crippen LogP contribution is 2.26. The predicted octanol–water partition coefficient (Wildman–Crippen LogP) is 3.00. The Hall–Kier alpha value is -2.40. The van der Waals surface area contributed by atoms with Gasteiger partial charge >= 0.3 is 5.97 Å². The third-order valence-electron chi connectivity index (χ3n) is 3.99. The smallest absolute Gasteiger partial charge is 0.316 e. The van der Waals surface area contributed by atoms with Gasteiger partial charge in [0.1, 0.15) is 5.75 Å². The number of likely N-dealkylation sites (tertiary alicyclic amines) is 1. The monoisotopic (exact) mass is 344 g/mol. The Balaban J connectivity index is 1.64. The Morgan fingerprint density at radius 1 is 1.38 bits per heavy atom. The summed E-state index contributed by atoms with van der Waals surface area (Å²) in [6, 6.07) is 10.7. The summed E-state index contributed by atoms with van der Waals surface area (Å²) in [5.74, 6) is -0.509. The van der Waals surface area contributed by atoms with Crippen molar-refractivity contribution in [3.63, 3.8) is 0 Å². The molecule has 1 unspecified atom stereocenters. The fraction of sp³-hybridized carbons (Fsp3) is 0.278. The van der Waals surface area contributed by atoms with E-state index in [2.05, 4.69) is 4.98 Å². The number of esters is 1. The molecule has 0 bridgehead atoms. The minimum Gasteiger partial charge on any atom is -0.426 e. The van der Waals surface area contributed by atoms with Crippen molar-refractivity contribution in [2.24, 2.45) is 5.92 Å². The highest BCUT2D eigenvalue weighted by Gasteiger charge is 2.35. The summed E-state index contributed by atoms with van der Waals surface area (Å²) in [6.45, 7) is 2.58. The Bertz CT molecular complexity index is 764. The highest BCUT2D eigenvalue weighted by atomic mass is 35.5. The van der Waals surface area contributed by atoms with E-state index < -0.39 is 11.9 Å². The van der Waals surface area contributed by atoms with Crippen LogP contribution in [0.4, 0.5) is 0 Å². The van der Waals surface area contributed by atoms with Crippen LogP contribution >= 0.6 is 11.6 Å². The summed E-state index contributed by atoms with van der Waals surface area (Å²) in [5, 5.41) is 0.502. The van der Waals surface area contributed by atoms with Crippen LogP contribution < -0.4 is 4.74 Å². The molecule has 2 heterocycles. The second-order valence-electron chi connectivity index (χ2n) is 5.83. The number of hydrogen-bond donors (Lipinski definition) is 0. The normalized spacial score (nSPS) is 17.2. The van der Waals surface area contributed by atoms with Gasteiger partial charge in [0.05, 0.1) is 18.2 Å². The zero-order chi connectivity index (χ0) is 17.1. The maximum atomic E-state index is 12.4. The summed E-state index contributed by atoms with van der Waals surface area (Å²) in [7, 11) is 0. The number of halogens is 1. The topological polar surface area (TPSA) is 59.5 Å². The van der Waals surface area contributed by atoms with E-state index in [1.165, 1.54) is 0 Å². The second kappa shape index (κ2) is 7.01. The van der Waals surface area contributed by atoms with Gasteiger partial charge in [-0.05, 0) is 36.8 Å². The van der Waals surface area contributed by atoms with E-state index in [4.69, 9.17) is 16.3 Å². The SMILES string of the molecule is Cc1ccc(Cl)cc1OC(=O)C1CC(=O)N(Cc2ccccn2)C1. The largest absolute Gasteiger partial charge is 0.426 e. The van der Waals surface area contributed by atoms with E-state index in [0.29, 0.717) is 23.9 Å². The molecule has 0 N–H and O–H groups in total. The molecule has 1 aliphatic rings. The molecule has 124 valence electrons. The van der Waals surface area contributed by atoms with Gasteiger partial charge in [-0.3, -0.25) is 14.6 Å². The lowest BCUT2D eigenvalue weighted by molar-refractivity contribution is -0.139. The quantitative estimate of drug-likeness (QED) is 0.632. The van der Waals surface area contributed by atoms with E-state index in [0.717, 1.165) is 11.3 Å². The van der Waals surface area contributed by atoms with Crippen molar-refractivity contribution in [2.45, 2.75) is 19.9 Å². The van der Waals surface area contributed by atoms with Gasteiger partial charge in [-0.15, -0.1) is 0 Å². The van der Waals surface area contributed by atoms with E-state index in [1.54, 1.807) is 29.3 Å². The first-order chi connectivity index (χ1) is 11.5. The highest BCUT2D eigenvalue weighted by molar-refractivity contribution is 6.30. The summed E-state index contributed by atoms with van der Waals surface area (Å²) < 4.78 is 5.44. The van der Waals surface area contributed by atoms with Gasteiger partial charge in [-0.2, -0.15) is 0 Å². The van der Waals surface area contributed by atoms with Crippen molar-refractivity contribution < 1.29 is 14.3 Å². The lowest BCUT2D eigenvalue weighted by Crippen LogP contribution is -2.27. The van der Waals surface area contributed by atoms with Gasteiger partial charge in [0.25, 0.3) is 0 Å². The first-order valence-corrected chi connectivity index (χ1v) is 8.06. The molecule has 1 aromatic heterocycles. The summed E-state index contributed by atoms with van der Waals surface area (Å²) in [4.78, 5) is 30.3. The molecule has 1 saturated heterocycles. The molecule has 24 heavy (non-hydrogen) atoms. The van der Waals surface area contributed by atoms with Crippen LogP contribution in [-0.4, -0.2) is 28.3 Å². The van der Waals surface area contributed by atoms with Gasteiger partial charge in [-0.25, -0.2) is 0 Å². The molecule has 1 aromatic carbocycles. The van der Waals surface area contributed by atoms with Gasteiger partial charge in [-0.1, -0.05) is 23.7 Å². The predicted molar refractivity (Wildman–Crippen MR) is 89.6 cm³/mol. The van der Waals surface area contributed by atoms with Gasteiger partial charge < -0.3 is 9.64 Å². The molecule has 1 fully saturated rings. The van der Waals surface area contributed by atoms with E-state index in [9.17, 15) is 9.59 Å². The van der Waals surface area contributed by atoms with Gasteiger partial charge in [0.15, 0.2) is 0 Å². The summed E-state index contributed by atoms with van der Waals surface area (Å²) in [5.41, 5.74) is 1.62. The molecule has 0 spiro atoms. The average Bonchev–Trinajstić information content (AvgIpc) is 2.93. The van der Waals surface area contributed by atoms with Crippen LogP contribution in [0.2, 0.25) is 5.02 Å². The van der Waals surface area contributed by atoms with Crippen LogP contribution in [0, 0.1) is 12.8 Å². The van der Waals surface area contributed by atoms with Crippen LogP contribution in [0.15, 0.2) is 42.6 Å². The van der Waals surface area contributed by atoms with Crippen molar-refractivity contribution in [3.05, 3.63) is 58.9 Å². The number of aromatic nitrogens is 1. The first-order valence-electron chi connectivity index (χ1n) is 7.68. The third kappa shape index (κ3) is 3.74. The number of rotatable bonds is 4. The standard InChI is InChI=1S/C18H17ClN2O3/c1-12-5-6-14(19)9-16(12)24-18(23)13-8-17(22)21(10-13)11-15-4-2-3-7-20-15/h2-7,9,13H,8,10-11H2,1H3. The van der Waals surface area contributed by atoms with Crippen LogP contribution in [0.25, 0.3) is 0 Å². The lowest BCUT2D eigenvalue weighted by Gasteiger charge is -2.16. The number of ether oxygens (including phenoxy) is 1. The minimum atomic E-state index is -0.473. The van der Waals surface area contributed by atoms with E-state index in [1.807, 2.05) is 25.1 Å². The van der Waals surface area contributed by atoms with Crippen molar-refractivity contribution in [2.75, 3.05) is 6.54 Å². The van der Waals surface area contributed by atoms with E-state index >= 15 is 0 Å². The number of nitrogens with zero attached hydrogens (tertiary/aromatic N) is 2. The molecule has 0 radical (unpaired) electrons. The number of benzene rings is 1. The fourth-order valence-corrected chi connectivity index (χ4v) is 2.81. The number of pyridine rings is 1. The van der Waals surface area contributed by atoms with Gasteiger partial charge in [0.2, 0.25) is 5.91 Å². The Labute approximate surface area is 145 Å². The zero-order valence-electron chi connectivity index (χ0n) is 13.2. The number of amides is 1. The maximum absolute atomic E-state index is 12.4. The van der Waals surface area contributed by atoms with Crippen LogP contribution in [0.1, 0.15) is 17.7 Å². The molecule has 5 nitrogen and oxygen atoms in total. The molecule has 0 saturated carbocycles. The van der Waals surface area contributed by atoms with Crippen LogP contribution in [0.3, 0.4) is 0 Å². The number of hydrogen-bond acceptors (Lipinski definition) is 4. The third-order valence-corrected chi connectivity index (χ3v) is 4.22. The lowest BCUT2D eigenvalue weighted by atomic mass is 10.1. The summed E-state index contributed by atoms with van der Waals surface area (Å²) in [6.07, 6.45) is 1.84. The van der Waals surface area contributed by atoms with Crippen molar-refractivity contribution in [3.8, 4) is 5.75 Å². The van der Waals surface area contributed by atoms with Crippen LogP contribution in [-0.2, 0) is 16.1 Å². The molecule has 1 aliphatic heterocycles. The molecule has 6 heteroatoms. The zero-order valence-corrected chi connectivity index (χ0v) is 14.0. The Morgan fingerprint density at radius 2 is 2.21 bits per heavy atom. The maximum Gasteiger partial charge on any atom is 0.316 e. The van der Waals surface area contributed by atoms with E-state index in [-0.39, 0.29) is 12.3 Å². The van der Waals surface area contributed by atoms with Crippen molar-refractivity contribution in [1.29, 1.82) is 0 Å². The molecule has 1 atom stereocenters. The molecule has 1 amide bonds. The summed E-state index contributed by atoms with van der Waals surface area (Å²) >= 11 is 5.94. The molecular formula is C18H17ClN2O3. The molecule has 2 aromatic rings. The Morgan fingerprint density at radius 3 is 2.96 bits per heavy atom. The molecule has 0 aliphatic carbocycles. The number of carbonyl (C=O) groups excluding carboxylic acids is 2. The fourth-order valence-electron chi connectivity index (χ4n) is 2.65. The molecular weight excluding hydrogens is 328 g/mol. The Kier molecular flexibility index (Phi) is 4.81.